The van der Waals surface area contributed by atoms with Gasteiger partial charge >= 0.3 is 0 Å². The summed E-state index contributed by atoms with van der Waals surface area (Å²) in [4.78, 5) is 16.3. The number of amides is 1. The van der Waals surface area contributed by atoms with Crippen molar-refractivity contribution in [3.8, 4) is 0 Å². The van der Waals surface area contributed by atoms with Gasteiger partial charge in [-0.25, -0.2) is 0 Å². The van der Waals surface area contributed by atoms with E-state index in [0.717, 1.165) is 56.9 Å². The molecule has 5 heteroatoms. The molecule has 0 unspecified atom stereocenters. The third kappa shape index (κ3) is 3.03. The molecule has 1 aromatic heterocycles. The summed E-state index contributed by atoms with van der Waals surface area (Å²) in [6.45, 7) is 7.60. The molecule has 3 heterocycles. The Morgan fingerprint density at radius 2 is 2.08 bits per heavy atom. The number of carbonyl (C=O) groups excluding carboxylic acids is 1. The molecule has 5 nitrogen and oxygen atoms in total. The van der Waals surface area contributed by atoms with Crippen LogP contribution in [0.25, 0.3) is 0 Å². The highest BCUT2D eigenvalue weighted by atomic mass is 16.5. The van der Waals surface area contributed by atoms with Gasteiger partial charge in [0.2, 0.25) is 5.91 Å². The van der Waals surface area contributed by atoms with Gasteiger partial charge in [0.1, 0.15) is 5.76 Å². The van der Waals surface area contributed by atoms with E-state index in [2.05, 4.69) is 34.3 Å². The van der Waals surface area contributed by atoms with E-state index in [-0.39, 0.29) is 0 Å². The summed E-state index contributed by atoms with van der Waals surface area (Å²) in [5.41, 5.74) is 4.87. The number of para-hydroxylation sites is 1. The SMILES string of the molecule is Cc1noc(C)c1CN1C[C@H](CCN2CCCC2=O)c2ccccc21. The first-order valence-corrected chi connectivity index (χ1v) is 9.17. The van der Waals surface area contributed by atoms with E-state index < -0.39 is 0 Å². The standard InChI is InChI=1S/C20H25N3O2/c1-14-18(15(2)25-21-14)13-23-12-16(17-6-3-4-7-19(17)23)9-11-22-10-5-8-20(22)24/h3-4,6-7,16H,5,8-13H2,1-2H3/t16-/m0/s1. The zero-order chi connectivity index (χ0) is 17.4. The minimum atomic E-state index is 0.318. The number of benzene rings is 1. The second-order valence-corrected chi connectivity index (χ2v) is 7.21. The predicted octanol–water partition coefficient (Wildman–Crippen LogP) is 3.41. The summed E-state index contributed by atoms with van der Waals surface area (Å²) in [6, 6.07) is 8.66. The summed E-state index contributed by atoms with van der Waals surface area (Å²) < 4.78 is 5.33. The molecule has 0 bridgehead atoms. The van der Waals surface area contributed by atoms with Crippen LogP contribution < -0.4 is 4.90 Å². The second kappa shape index (κ2) is 6.54. The van der Waals surface area contributed by atoms with Crippen molar-refractivity contribution in [1.82, 2.24) is 10.1 Å². The highest BCUT2D eigenvalue weighted by Crippen LogP contribution is 2.39. The number of fused-ring (bicyclic) bond motifs is 1. The van der Waals surface area contributed by atoms with Crippen molar-refractivity contribution in [3.63, 3.8) is 0 Å². The minimum Gasteiger partial charge on any atom is -0.366 e. The molecule has 0 radical (unpaired) electrons. The number of aromatic nitrogens is 1. The van der Waals surface area contributed by atoms with Gasteiger partial charge in [-0.3, -0.25) is 4.79 Å². The zero-order valence-electron chi connectivity index (χ0n) is 15.0. The van der Waals surface area contributed by atoms with E-state index in [0.29, 0.717) is 11.8 Å². The maximum absolute atomic E-state index is 11.9. The third-order valence-electron chi connectivity index (χ3n) is 5.61. The van der Waals surface area contributed by atoms with Crippen LogP contribution in [-0.2, 0) is 11.3 Å². The number of rotatable bonds is 5. The Morgan fingerprint density at radius 3 is 2.80 bits per heavy atom. The van der Waals surface area contributed by atoms with Crippen molar-refractivity contribution >= 4 is 11.6 Å². The molecule has 1 amide bonds. The topological polar surface area (TPSA) is 49.6 Å². The van der Waals surface area contributed by atoms with Gasteiger partial charge in [0, 0.05) is 49.8 Å². The maximum atomic E-state index is 11.9. The van der Waals surface area contributed by atoms with Gasteiger partial charge < -0.3 is 14.3 Å². The number of aryl methyl sites for hydroxylation is 2. The van der Waals surface area contributed by atoms with Crippen molar-refractivity contribution in [2.75, 3.05) is 24.5 Å². The molecule has 0 spiro atoms. The number of hydrogen-bond donors (Lipinski definition) is 0. The van der Waals surface area contributed by atoms with E-state index in [1.165, 1.54) is 16.8 Å². The van der Waals surface area contributed by atoms with Gasteiger partial charge in [0.05, 0.1) is 5.69 Å². The Balaban J connectivity index is 1.50. The van der Waals surface area contributed by atoms with E-state index in [1.807, 2.05) is 18.7 Å². The van der Waals surface area contributed by atoms with Crippen LogP contribution >= 0.6 is 0 Å². The molecule has 2 aromatic rings. The lowest BCUT2D eigenvalue weighted by Gasteiger charge is -2.21. The monoisotopic (exact) mass is 339 g/mol. The molecule has 25 heavy (non-hydrogen) atoms. The van der Waals surface area contributed by atoms with Crippen LogP contribution in [0, 0.1) is 13.8 Å². The molecule has 1 fully saturated rings. The van der Waals surface area contributed by atoms with Crippen molar-refractivity contribution < 1.29 is 9.32 Å². The third-order valence-corrected chi connectivity index (χ3v) is 5.61. The summed E-state index contributed by atoms with van der Waals surface area (Å²) in [6.07, 6.45) is 2.76. The normalized spacial score (nSPS) is 19.8. The average Bonchev–Trinajstić information content (AvgIpc) is 3.27. The Bertz CT molecular complexity index is 763. The van der Waals surface area contributed by atoms with E-state index in [9.17, 15) is 4.79 Å². The molecule has 4 rings (SSSR count). The van der Waals surface area contributed by atoms with Crippen LogP contribution in [0.2, 0.25) is 0 Å². The van der Waals surface area contributed by atoms with Crippen LogP contribution in [-0.4, -0.2) is 35.6 Å². The zero-order valence-corrected chi connectivity index (χ0v) is 15.0. The minimum absolute atomic E-state index is 0.318. The molecule has 0 saturated carbocycles. The molecule has 2 aliphatic heterocycles. The largest absolute Gasteiger partial charge is 0.366 e. The molecular weight excluding hydrogens is 314 g/mol. The average molecular weight is 339 g/mol. The first-order chi connectivity index (χ1) is 12.1. The summed E-state index contributed by atoms with van der Waals surface area (Å²) in [5.74, 6) is 1.70. The number of anilines is 1. The molecule has 1 aromatic carbocycles. The fraction of sp³-hybridized carbons (Fsp3) is 0.500. The fourth-order valence-electron chi connectivity index (χ4n) is 4.15. The Hall–Kier alpha value is -2.30. The smallest absolute Gasteiger partial charge is 0.222 e. The van der Waals surface area contributed by atoms with E-state index in [1.54, 1.807) is 0 Å². The number of likely N-dealkylation sites (tertiary alicyclic amines) is 1. The van der Waals surface area contributed by atoms with Gasteiger partial charge in [0.15, 0.2) is 0 Å². The lowest BCUT2D eigenvalue weighted by molar-refractivity contribution is -0.127. The van der Waals surface area contributed by atoms with Crippen molar-refractivity contribution in [3.05, 3.63) is 46.8 Å². The number of hydrogen-bond acceptors (Lipinski definition) is 4. The molecular formula is C20H25N3O2. The van der Waals surface area contributed by atoms with Gasteiger partial charge in [-0.05, 0) is 38.3 Å². The van der Waals surface area contributed by atoms with E-state index in [4.69, 9.17) is 4.52 Å². The van der Waals surface area contributed by atoms with Crippen LogP contribution in [0.1, 0.15) is 47.8 Å². The van der Waals surface area contributed by atoms with Gasteiger partial charge in [-0.2, -0.15) is 0 Å². The van der Waals surface area contributed by atoms with Crippen molar-refractivity contribution in [2.24, 2.45) is 0 Å². The maximum Gasteiger partial charge on any atom is 0.222 e. The quantitative estimate of drug-likeness (QED) is 0.838. The Kier molecular flexibility index (Phi) is 4.24. The van der Waals surface area contributed by atoms with E-state index >= 15 is 0 Å². The highest BCUT2D eigenvalue weighted by Gasteiger charge is 2.30. The van der Waals surface area contributed by atoms with Crippen LogP contribution in [0.4, 0.5) is 5.69 Å². The first-order valence-electron chi connectivity index (χ1n) is 9.17. The Labute approximate surface area is 148 Å². The summed E-state index contributed by atoms with van der Waals surface area (Å²) in [7, 11) is 0. The summed E-state index contributed by atoms with van der Waals surface area (Å²) in [5, 5.41) is 4.08. The van der Waals surface area contributed by atoms with Crippen molar-refractivity contribution in [2.45, 2.75) is 45.6 Å². The molecule has 0 aliphatic carbocycles. The molecule has 1 atom stereocenters. The van der Waals surface area contributed by atoms with Gasteiger partial charge in [-0.15, -0.1) is 0 Å². The van der Waals surface area contributed by atoms with Crippen LogP contribution in [0.5, 0.6) is 0 Å². The Morgan fingerprint density at radius 1 is 1.24 bits per heavy atom. The van der Waals surface area contributed by atoms with Gasteiger partial charge in [0.25, 0.3) is 0 Å². The van der Waals surface area contributed by atoms with Gasteiger partial charge in [-0.1, -0.05) is 23.4 Å². The molecule has 2 aliphatic rings. The lowest BCUT2D eigenvalue weighted by atomic mass is 9.98. The highest BCUT2D eigenvalue weighted by molar-refractivity contribution is 5.78. The predicted molar refractivity (Wildman–Crippen MR) is 96.6 cm³/mol. The summed E-state index contributed by atoms with van der Waals surface area (Å²) >= 11 is 0. The lowest BCUT2D eigenvalue weighted by Crippen LogP contribution is -2.28. The van der Waals surface area contributed by atoms with Crippen molar-refractivity contribution in [1.29, 1.82) is 0 Å². The molecule has 132 valence electrons. The number of nitrogens with zero attached hydrogens (tertiary/aromatic N) is 3. The van der Waals surface area contributed by atoms with Crippen LogP contribution in [0.15, 0.2) is 28.8 Å². The molecule has 0 N–H and O–H groups in total. The first kappa shape index (κ1) is 16.2. The number of carbonyl (C=O) groups is 1. The van der Waals surface area contributed by atoms with Crippen LogP contribution in [0.3, 0.4) is 0 Å². The second-order valence-electron chi connectivity index (χ2n) is 7.21. The molecule has 1 saturated heterocycles. The fourth-order valence-corrected chi connectivity index (χ4v) is 4.15.